The van der Waals surface area contributed by atoms with Gasteiger partial charge >= 0.3 is 0 Å². The molecule has 0 bridgehead atoms. The quantitative estimate of drug-likeness (QED) is 0.912. The number of halogens is 1. The van der Waals surface area contributed by atoms with E-state index in [2.05, 4.69) is 20.9 Å². The highest BCUT2D eigenvalue weighted by Gasteiger charge is 2.42. The lowest BCUT2D eigenvalue weighted by Crippen LogP contribution is -2.50. The van der Waals surface area contributed by atoms with Crippen LogP contribution in [0.1, 0.15) is 12.5 Å². The van der Waals surface area contributed by atoms with Gasteiger partial charge in [-0.3, -0.25) is 0 Å². The Labute approximate surface area is 103 Å². The first kappa shape index (κ1) is 11.8. The summed E-state index contributed by atoms with van der Waals surface area (Å²) >= 11 is 3.38. The van der Waals surface area contributed by atoms with Crippen molar-refractivity contribution in [3.63, 3.8) is 0 Å². The number of hydrogen-bond donors (Lipinski definition) is 1. The third kappa shape index (κ3) is 1.95. The lowest BCUT2D eigenvalue weighted by Gasteiger charge is -2.40. The van der Waals surface area contributed by atoms with E-state index in [0.717, 1.165) is 10.0 Å². The molecule has 0 saturated carbocycles. The molecule has 1 saturated heterocycles. The standard InChI is InChI=1S/C11H14BrNO3/c1-2-16-10-9(3-8(12)4-13-10)11(5-14)6-15-7-11/h3-4,14H,2,5-7H2,1H3. The SMILES string of the molecule is CCOc1ncc(Br)cc1C1(CO)COC1. The molecular formula is C11H14BrNO3. The van der Waals surface area contributed by atoms with E-state index in [1.54, 1.807) is 6.20 Å². The van der Waals surface area contributed by atoms with Gasteiger partial charge in [0.15, 0.2) is 0 Å². The van der Waals surface area contributed by atoms with E-state index in [1.165, 1.54) is 0 Å². The zero-order chi connectivity index (χ0) is 11.6. The van der Waals surface area contributed by atoms with Crippen LogP contribution in [0.5, 0.6) is 5.88 Å². The molecule has 1 aliphatic heterocycles. The van der Waals surface area contributed by atoms with Gasteiger partial charge in [-0.05, 0) is 28.9 Å². The predicted molar refractivity (Wildman–Crippen MR) is 62.7 cm³/mol. The number of ether oxygens (including phenoxy) is 2. The van der Waals surface area contributed by atoms with Crippen molar-refractivity contribution in [2.24, 2.45) is 0 Å². The van der Waals surface area contributed by atoms with E-state index in [9.17, 15) is 5.11 Å². The maximum absolute atomic E-state index is 9.49. The van der Waals surface area contributed by atoms with E-state index in [4.69, 9.17) is 9.47 Å². The van der Waals surface area contributed by atoms with Crippen LogP contribution in [0, 0.1) is 0 Å². The second-order valence-electron chi connectivity index (χ2n) is 3.87. The molecule has 0 aliphatic carbocycles. The third-order valence-electron chi connectivity index (χ3n) is 2.73. The fraction of sp³-hybridized carbons (Fsp3) is 0.545. The predicted octanol–water partition coefficient (Wildman–Crippen LogP) is 1.50. The van der Waals surface area contributed by atoms with Gasteiger partial charge in [0.05, 0.1) is 31.8 Å². The van der Waals surface area contributed by atoms with Gasteiger partial charge in [0, 0.05) is 16.2 Å². The largest absolute Gasteiger partial charge is 0.478 e. The lowest BCUT2D eigenvalue weighted by molar-refractivity contribution is -0.0853. The third-order valence-corrected chi connectivity index (χ3v) is 3.16. The molecule has 0 atom stereocenters. The topological polar surface area (TPSA) is 51.6 Å². The van der Waals surface area contributed by atoms with Crippen molar-refractivity contribution >= 4 is 15.9 Å². The fourth-order valence-electron chi connectivity index (χ4n) is 1.74. The smallest absolute Gasteiger partial charge is 0.217 e. The molecule has 1 aromatic rings. The van der Waals surface area contributed by atoms with Gasteiger partial charge in [-0.2, -0.15) is 0 Å². The highest BCUT2D eigenvalue weighted by molar-refractivity contribution is 9.10. The molecule has 0 aromatic carbocycles. The number of pyridine rings is 1. The maximum Gasteiger partial charge on any atom is 0.217 e. The van der Waals surface area contributed by atoms with E-state index in [1.807, 2.05) is 13.0 Å². The van der Waals surface area contributed by atoms with Gasteiger partial charge in [-0.15, -0.1) is 0 Å². The Morgan fingerprint density at radius 1 is 1.62 bits per heavy atom. The number of aliphatic hydroxyl groups excluding tert-OH is 1. The minimum absolute atomic E-state index is 0.0468. The average molecular weight is 288 g/mol. The zero-order valence-corrected chi connectivity index (χ0v) is 10.7. The molecule has 1 aromatic heterocycles. The molecule has 88 valence electrons. The summed E-state index contributed by atoms with van der Waals surface area (Å²) in [5.41, 5.74) is 0.568. The van der Waals surface area contributed by atoms with Crippen molar-refractivity contribution in [1.82, 2.24) is 4.98 Å². The van der Waals surface area contributed by atoms with Crippen LogP contribution in [0.15, 0.2) is 16.7 Å². The van der Waals surface area contributed by atoms with Crippen LogP contribution in [0.4, 0.5) is 0 Å². The Bertz CT molecular complexity index is 374. The summed E-state index contributed by atoms with van der Waals surface area (Å²) in [5, 5.41) is 9.49. The molecule has 1 aliphatic rings. The first-order valence-corrected chi connectivity index (χ1v) is 5.98. The van der Waals surface area contributed by atoms with Crippen molar-refractivity contribution < 1.29 is 14.6 Å². The van der Waals surface area contributed by atoms with Gasteiger partial charge in [0.2, 0.25) is 5.88 Å². The van der Waals surface area contributed by atoms with E-state index in [-0.39, 0.29) is 12.0 Å². The van der Waals surface area contributed by atoms with Crippen LogP contribution in [-0.2, 0) is 10.2 Å². The summed E-state index contributed by atoms with van der Waals surface area (Å²) in [6, 6.07) is 1.94. The molecule has 2 rings (SSSR count). The number of rotatable bonds is 4. The molecule has 2 heterocycles. The molecule has 0 amide bonds. The average Bonchev–Trinajstić information content (AvgIpc) is 2.21. The van der Waals surface area contributed by atoms with Crippen molar-refractivity contribution in [2.45, 2.75) is 12.3 Å². The number of aromatic nitrogens is 1. The van der Waals surface area contributed by atoms with E-state index in [0.29, 0.717) is 25.7 Å². The van der Waals surface area contributed by atoms with Gasteiger partial charge < -0.3 is 14.6 Å². The normalized spacial score (nSPS) is 17.9. The number of aliphatic hydroxyl groups is 1. The molecular weight excluding hydrogens is 274 g/mol. The summed E-state index contributed by atoms with van der Waals surface area (Å²) in [5.74, 6) is 0.586. The molecule has 1 fully saturated rings. The second kappa shape index (κ2) is 4.69. The molecule has 0 radical (unpaired) electrons. The minimum Gasteiger partial charge on any atom is -0.478 e. The summed E-state index contributed by atoms with van der Waals surface area (Å²) in [6.07, 6.45) is 1.69. The fourth-order valence-corrected chi connectivity index (χ4v) is 2.07. The van der Waals surface area contributed by atoms with E-state index < -0.39 is 0 Å². The monoisotopic (exact) mass is 287 g/mol. The first-order valence-electron chi connectivity index (χ1n) is 5.19. The highest BCUT2D eigenvalue weighted by atomic mass is 79.9. The summed E-state index contributed by atoms with van der Waals surface area (Å²) < 4.78 is 11.6. The molecule has 0 spiro atoms. The molecule has 1 N–H and O–H groups in total. The lowest BCUT2D eigenvalue weighted by atomic mass is 9.80. The molecule has 4 nitrogen and oxygen atoms in total. The maximum atomic E-state index is 9.49. The Morgan fingerprint density at radius 3 is 2.88 bits per heavy atom. The molecule has 0 unspecified atom stereocenters. The van der Waals surface area contributed by atoms with E-state index >= 15 is 0 Å². The van der Waals surface area contributed by atoms with Gasteiger partial charge in [0.25, 0.3) is 0 Å². The number of nitrogens with zero attached hydrogens (tertiary/aromatic N) is 1. The van der Waals surface area contributed by atoms with Crippen molar-refractivity contribution in [3.8, 4) is 5.88 Å². The summed E-state index contributed by atoms with van der Waals surface area (Å²) in [4.78, 5) is 4.23. The van der Waals surface area contributed by atoms with Crippen LogP contribution >= 0.6 is 15.9 Å². The van der Waals surface area contributed by atoms with Gasteiger partial charge in [-0.1, -0.05) is 0 Å². The van der Waals surface area contributed by atoms with Crippen molar-refractivity contribution in [3.05, 3.63) is 22.3 Å². The van der Waals surface area contributed by atoms with Crippen LogP contribution in [0.25, 0.3) is 0 Å². The van der Waals surface area contributed by atoms with Crippen LogP contribution in [-0.4, -0.2) is 36.5 Å². The van der Waals surface area contributed by atoms with Gasteiger partial charge in [0.1, 0.15) is 0 Å². The van der Waals surface area contributed by atoms with Crippen LogP contribution < -0.4 is 4.74 Å². The highest BCUT2D eigenvalue weighted by Crippen LogP contribution is 2.37. The summed E-state index contributed by atoms with van der Waals surface area (Å²) in [6.45, 7) is 3.55. The van der Waals surface area contributed by atoms with Crippen LogP contribution in [0.2, 0.25) is 0 Å². The Morgan fingerprint density at radius 2 is 2.38 bits per heavy atom. The number of hydrogen-bond acceptors (Lipinski definition) is 4. The molecule has 5 heteroatoms. The van der Waals surface area contributed by atoms with Gasteiger partial charge in [-0.25, -0.2) is 4.98 Å². The summed E-state index contributed by atoms with van der Waals surface area (Å²) in [7, 11) is 0. The zero-order valence-electron chi connectivity index (χ0n) is 9.07. The first-order chi connectivity index (χ1) is 7.72. The minimum atomic E-state index is -0.346. The van der Waals surface area contributed by atoms with Crippen molar-refractivity contribution in [1.29, 1.82) is 0 Å². The Kier molecular flexibility index (Phi) is 3.47. The second-order valence-corrected chi connectivity index (χ2v) is 4.79. The Balaban J connectivity index is 2.40. The Hall–Kier alpha value is -0.650. The molecule has 16 heavy (non-hydrogen) atoms. The van der Waals surface area contributed by atoms with Crippen LogP contribution in [0.3, 0.4) is 0 Å². The van der Waals surface area contributed by atoms with Crippen molar-refractivity contribution in [2.75, 3.05) is 26.4 Å².